The van der Waals surface area contributed by atoms with Gasteiger partial charge in [-0.3, -0.25) is 0 Å². The number of rotatable bonds is 7. The zero-order valence-electron chi connectivity index (χ0n) is 17.8. The molecule has 0 saturated heterocycles. The van der Waals surface area contributed by atoms with Gasteiger partial charge in [0.05, 0.1) is 17.9 Å². The molecule has 1 atom stereocenters. The van der Waals surface area contributed by atoms with E-state index in [4.69, 9.17) is 10.2 Å². The summed E-state index contributed by atoms with van der Waals surface area (Å²) in [5, 5.41) is 9.97. The van der Waals surface area contributed by atoms with Gasteiger partial charge >= 0.3 is 0 Å². The number of nitrogens with zero attached hydrogens (tertiary/aromatic N) is 5. The van der Waals surface area contributed by atoms with E-state index < -0.39 is 0 Å². The zero-order valence-corrected chi connectivity index (χ0v) is 18.7. The van der Waals surface area contributed by atoms with Crippen molar-refractivity contribution in [3.63, 3.8) is 0 Å². The Labute approximate surface area is 166 Å². The van der Waals surface area contributed by atoms with Gasteiger partial charge in [0.15, 0.2) is 0 Å². The normalized spacial score (nSPS) is 14.8. The topological polar surface area (TPSA) is 55.4 Å². The van der Waals surface area contributed by atoms with Gasteiger partial charge in [0, 0.05) is 11.1 Å². The smallest absolute Gasteiger partial charge is 0.119 e. The lowest BCUT2D eigenvalue weighted by Crippen LogP contribution is -2.14. The number of unbranched alkanes of at least 4 members (excludes halogenated alkanes) is 1. The van der Waals surface area contributed by atoms with Crippen LogP contribution >= 0.6 is 0 Å². The van der Waals surface area contributed by atoms with Crippen molar-refractivity contribution in [3.8, 4) is 0 Å². The summed E-state index contributed by atoms with van der Waals surface area (Å²) in [4.78, 5) is 1.94. The molecule has 6 heteroatoms. The van der Waals surface area contributed by atoms with Gasteiger partial charge in [0.1, 0.15) is 22.4 Å². The van der Waals surface area contributed by atoms with Gasteiger partial charge in [-0.25, -0.2) is 0 Å². The van der Waals surface area contributed by atoms with E-state index >= 15 is 0 Å². The second kappa shape index (κ2) is 7.82. The number of hydrogen-bond acceptors (Lipinski definition) is 4. The van der Waals surface area contributed by atoms with E-state index in [9.17, 15) is 0 Å². The van der Waals surface area contributed by atoms with Crippen molar-refractivity contribution in [2.24, 2.45) is 14.6 Å². The van der Waals surface area contributed by atoms with Gasteiger partial charge in [-0.1, -0.05) is 67.7 Å². The van der Waals surface area contributed by atoms with Crippen molar-refractivity contribution in [3.05, 3.63) is 11.1 Å². The fourth-order valence-corrected chi connectivity index (χ4v) is 4.51. The first-order valence-corrected chi connectivity index (χ1v) is 11.0. The Hall–Kier alpha value is -1.56. The molecule has 1 aromatic heterocycles. The summed E-state index contributed by atoms with van der Waals surface area (Å²) >= 11 is 1.29. The Morgan fingerprint density at radius 2 is 1.67 bits per heavy atom. The minimum Gasteiger partial charge on any atom is -0.183 e. The highest BCUT2D eigenvalue weighted by atomic mass is 32.1. The lowest BCUT2D eigenvalue weighted by atomic mass is 9.82. The molecule has 2 aromatic rings. The van der Waals surface area contributed by atoms with E-state index in [-0.39, 0.29) is 5.41 Å². The molecule has 1 aliphatic rings. The molecule has 0 aliphatic carbocycles. The molecular formula is C21H33N5S. The summed E-state index contributed by atoms with van der Waals surface area (Å²) in [6.07, 6.45) is 4.92. The van der Waals surface area contributed by atoms with Crippen LogP contribution in [0.25, 0.3) is 11.0 Å². The van der Waals surface area contributed by atoms with Crippen LogP contribution in [-0.4, -0.2) is 15.0 Å². The summed E-state index contributed by atoms with van der Waals surface area (Å²) in [6, 6.07) is 0. The molecule has 0 N–H and O–H groups in total. The maximum absolute atomic E-state index is 4.99. The Kier molecular flexibility index (Phi) is 5.84. The number of benzene rings is 1. The van der Waals surface area contributed by atoms with E-state index in [0.717, 1.165) is 29.0 Å². The van der Waals surface area contributed by atoms with Crippen LogP contribution in [-0.2, 0) is 23.3 Å². The maximum atomic E-state index is 4.99. The summed E-state index contributed by atoms with van der Waals surface area (Å²) in [6.45, 7) is 16.5. The van der Waals surface area contributed by atoms with Gasteiger partial charge in [0.25, 0.3) is 0 Å². The van der Waals surface area contributed by atoms with E-state index in [1.54, 1.807) is 0 Å². The van der Waals surface area contributed by atoms with Crippen molar-refractivity contribution in [1.82, 2.24) is 15.0 Å². The van der Waals surface area contributed by atoms with Crippen LogP contribution in [0.3, 0.4) is 0 Å². The molecule has 27 heavy (non-hydrogen) atoms. The predicted octanol–water partition coefficient (Wildman–Crippen LogP) is 6.80. The quantitative estimate of drug-likeness (QED) is 0.448. The Bertz CT molecular complexity index is 898. The van der Waals surface area contributed by atoms with Crippen molar-refractivity contribution in [2.45, 2.75) is 92.0 Å². The summed E-state index contributed by atoms with van der Waals surface area (Å²) in [5.41, 5.74) is 6.35. The molecule has 1 aliphatic heterocycles. The molecule has 0 radical (unpaired) electrons. The first-order chi connectivity index (χ1) is 12.8. The highest BCUT2D eigenvalue weighted by Gasteiger charge is 2.32. The number of aromatic nitrogens is 3. The standard InChI is InChI=1S/C21H33N5S/c1-8-10-11-14(9-2)12-26-22-17-15(13(3)4)18-20(25-27-24-18)16(19(17)23-26)21(5,6)7/h13-14H,8-12H2,1-7H3. The van der Waals surface area contributed by atoms with E-state index in [2.05, 4.69) is 57.2 Å². The van der Waals surface area contributed by atoms with Gasteiger partial charge in [0.2, 0.25) is 0 Å². The van der Waals surface area contributed by atoms with Crippen LogP contribution in [0.4, 0.5) is 11.4 Å². The Balaban J connectivity index is 2.17. The molecule has 0 fully saturated rings. The highest BCUT2D eigenvalue weighted by molar-refractivity contribution is 7.58. The molecule has 2 heterocycles. The second-order valence-corrected chi connectivity index (χ2v) is 9.55. The summed E-state index contributed by atoms with van der Waals surface area (Å²) in [5.74, 6) is 0.962. The van der Waals surface area contributed by atoms with Crippen LogP contribution in [0.15, 0.2) is 8.73 Å². The summed E-state index contributed by atoms with van der Waals surface area (Å²) < 4.78 is 9.30. The van der Waals surface area contributed by atoms with E-state index in [0.29, 0.717) is 11.8 Å². The molecule has 148 valence electrons. The monoisotopic (exact) mass is 387 g/mol. The van der Waals surface area contributed by atoms with Crippen LogP contribution in [0, 0.1) is 5.92 Å². The van der Waals surface area contributed by atoms with Crippen LogP contribution in [0.2, 0.25) is 0 Å². The largest absolute Gasteiger partial charge is 0.183 e. The van der Waals surface area contributed by atoms with E-state index in [1.165, 1.54) is 48.2 Å². The lowest BCUT2D eigenvalue weighted by Gasteiger charge is -2.23. The molecular weight excluding hydrogens is 354 g/mol. The maximum Gasteiger partial charge on any atom is 0.119 e. The highest BCUT2D eigenvalue weighted by Crippen LogP contribution is 2.49. The van der Waals surface area contributed by atoms with Crippen molar-refractivity contribution >= 4 is 33.8 Å². The number of hydrogen-bond donors (Lipinski definition) is 0. The molecule has 3 rings (SSSR count). The first-order valence-electron chi connectivity index (χ1n) is 10.3. The van der Waals surface area contributed by atoms with Crippen LogP contribution < -0.4 is 0 Å². The molecule has 0 saturated carbocycles. The minimum absolute atomic E-state index is 0.0605. The molecule has 0 spiro atoms. The van der Waals surface area contributed by atoms with Crippen molar-refractivity contribution in [1.29, 1.82) is 0 Å². The zero-order chi connectivity index (χ0) is 19.8. The Morgan fingerprint density at radius 3 is 2.26 bits per heavy atom. The lowest BCUT2D eigenvalue weighted by molar-refractivity contribution is 0.351. The Morgan fingerprint density at radius 1 is 1.00 bits per heavy atom. The van der Waals surface area contributed by atoms with Gasteiger partial charge in [-0.05, 0) is 23.7 Å². The minimum atomic E-state index is -0.0605. The third-order valence-corrected chi connectivity index (χ3v) is 5.95. The molecule has 0 amide bonds. The number of fused-ring (bicyclic) bond motifs is 2. The van der Waals surface area contributed by atoms with Gasteiger partial charge < -0.3 is 0 Å². The molecule has 1 aromatic carbocycles. The second-order valence-electron chi connectivity index (χ2n) is 9.02. The first kappa shape index (κ1) is 20.2. The molecule has 0 bridgehead atoms. The van der Waals surface area contributed by atoms with Gasteiger partial charge in [-0.15, -0.1) is 0 Å². The molecule has 5 nitrogen and oxygen atoms in total. The fourth-order valence-electron chi connectivity index (χ4n) is 3.94. The average molecular weight is 388 g/mol. The van der Waals surface area contributed by atoms with Crippen molar-refractivity contribution in [2.75, 3.05) is 0 Å². The van der Waals surface area contributed by atoms with Gasteiger partial charge in [-0.2, -0.15) is 23.7 Å². The third kappa shape index (κ3) is 3.86. The summed E-state index contributed by atoms with van der Waals surface area (Å²) in [7, 11) is 0. The van der Waals surface area contributed by atoms with Crippen molar-refractivity contribution < 1.29 is 0 Å². The SMILES string of the molecule is CCCCC(CC)Cn1nc2c(C(C)C)c3c(c(C(C)(C)C)c2n1)N=S=N3. The fraction of sp³-hybridized carbons (Fsp3) is 0.714. The molecule has 1 unspecified atom stereocenters. The van der Waals surface area contributed by atoms with Crippen LogP contribution in [0.1, 0.15) is 91.2 Å². The van der Waals surface area contributed by atoms with Crippen LogP contribution in [0.5, 0.6) is 0 Å². The average Bonchev–Trinajstić information content (AvgIpc) is 3.20. The predicted molar refractivity (Wildman–Crippen MR) is 115 cm³/mol. The van der Waals surface area contributed by atoms with E-state index in [1.807, 2.05) is 4.80 Å². The third-order valence-electron chi connectivity index (χ3n) is 5.42.